The van der Waals surface area contributed by atoms with Gasteiger partial charge in [-0.15, -0.1) is 0 Å². The first-order valence-corrected chi connectivity index (χ1v) is 16.8. The standard InChI is InChI=1S/C28H39N3O6S2/c32-28(25-15-20-30(21-16-25)38(33,34)23-7-10-24-8-3-1-4-9-24)29-17-22-37-26-11-13-27(14-12-26)39(35,36)31-18-5-2-6-19-31/h1,3-4,8-9,11-14,25H,2,5-7,10,15-23H2,(H,29,32). The normalized spacial score (nSPS) is 18.1. The predicted molar refractivity (Wildman–Crippen MR) is 150 cm³/mol. The minimum atomic E-state index is -3.48. The zero-order valence-corrected chi connectivity index (χ0v) is 24.0. The van der Waals surface area contributed by atoms with Crippen LogP contribution in [0.4, 0.5) is 0 Å². The molecule has 214 valence electrons. The smallest absolute Gasteiger partial charge is 0.243 e. The number of piperidine rings is 2. The van der Waals surface area contributed by atoms with E-state index in [1.807, 2.05) is 30.3 Å². The Labute approximate surface area is 232 Å². The van der Waals surface area contributed by atoms with Gasteiger partial charge in [0.05, 0.1) is 17.2 Å². The quantitative estimate of drug-likeness (QED) is 0.388. The molecule has 2 saturated heterocycles. The van der Waals surface area contributed by atoms with Gasteiger partial charge in [0.15, 0.2) is 0 Å². The van der Waals surface area contributed by atoms with Crippen molar-refractivity contribution in [3.05, 3.63) is 60.2 Å². The number of benzene rings is 2. The lowest BCUT2D eigenvalue weighted by Gasteiger charge is -2.30. The Bertz CT molecular complexity index is 1270. The molecule has 2 aliphatic rings. The molecule has 0 bridgehead atoms. The molecule has 39 heavy (non-hydrogen) atoms. The van der Waals surface area contributed by atoms with Crippen LogP contribution in [0.3, 0.4) is 0 Å². The van der Waals surface area contributed by atoms with Crippen molar-refractivity contribution < 1.29 is 26.4 Å². The van der Waals surface area contributed by atoms with Gasteiger partial charge < -0.3 is 10.1 Å². The lowest BCUT2D eigenvalue weighted by molar-refractivity contribution is -0.126. The molecular weight excluding hydrogens is 538 g/mol. The highest BCUT2D eigenvalue weighted by atomic mass is 32.2. The molecule has 0 unspecified atom stereocenters. The van der Waals surface area contributed by atoms with E-state index in [4.69, 9.17) is 4.74 Å². The van der Waals surface area contributed by atoms with Gasteiger partial charge in [0.1, 0.15) is 12.4 Å². The molecule has 1 N–H and O–H groups in total. The summed E-state index contributed by atoms with van der Waals surface area (Å²) in [7, 11) is -6.81. The molecule has 9 nitrogen and oxygen atoms in total. The number of rotatable bonds is 12. The number of nitrogens with zero attached hydrogens (tertiary/aromatic N) is 2. The second kappa shape index (κ2) is 13.7. The number of aryl methyl sites for hydroxylation is 1. The SMILES string of the molecule is O=C(NCCOc1ccc(S(=O)(=O)N2CCCCC2)cc1)C1CCN(S(=O)(=O)CCCc2ccccc2)CC1. The second-order valence-corrected chi connectivity index (χ2v) is 14.2. The molecule has 0 spiro atoms. The summed E-state index contributed by atoms with van der Waals surface area (Å²) in [6.45, 7) is 2.39. The number of ether oxygens (including phenoxy) is 1. The van der Waals surface area contributed by atoms with Crippen molar-refractivity contribution in [1.29, 1.82) is 0 Å². The van der Waals surface area contributed by atoms with E-state index in [1.165, 1.54) is 8.61 Å². The van der Waals surface area contributed by atoms with Crippen molar-refractivity contribution in [3.8, 4) is 5.75 Å². The molecular formula is C28H39N3O6S2. The summed E-state index contributed by atoms with van der Waals surface area (Å²) < 4.78 is 59.7. The first-order valence-electron chi connectivity index (χ1n) is 13.8. The second-order valence-electron chi connectivity index (χ2n) is 10.2. The summed E-state index contributed by atoms with van der Waals surface area (Å²) in [5, 5.41) is 2.87. The Morgan fingerprint density at radius 1 is 0.846 bits per heavy atom. The first kappa shape index (κ1) is 29.5. The van der Waals surface area contributed by atoms with Gasteiger partial charge in [-0.2, -0.15) is 4.31 Å². The molecule has 0 aliphatic carbocycles. The summed E-state index contributed by atoms with van der Waals surface area (Å²) in [5.41, 5.74) is 1.13. The van der Waals surface area contributed by atoms with E-state index < -0.39 is 20.0 Å². The summed E-state index contributed by atoms with van der Waals surface area (Å²) in [6.07, 6.45) is 5.13. The molecule has 2 aromatic carbocycles. The third kappa shape index (κ3) is 8.26. The summed E-state index contributed by atoms with van der Waals surface area (Å²) in [4.78, 5) is 12.9. The van der Waals surface area contributed by atoms with Crippen LogP contribution in [0.2, 0.25) is 0 Å². The fraction of sp³-hybridized carbons (Fsp3) is 0.536. The third-order valence-electron chi connectivity index (χ3n) is 7.38. The number of hydrogen-bond donors (Lipinski definition) is 1. The number of amides is 1. The first-order chi connectivity index (χ1) is 18.8. The Kier molecular flexibility index (Phi) is 10.4. The van der Waals surface area contributed by atoms with Crippen molar-refractivity contribution in [2.75, 3.05) is 45.1 Å². The molecule has 0 radical (unpaired) electrons. The van der Waals surface area contributed by atoms with Crippen LogP contribution in [-0.4, -0.2) is 76.4 Å². The molecule has 0 saturated carbocycles. The zero-order chi connectivity index (χ0) is 27.7. The Morgan fingerprint density at radius 3 is 2.18 bits per heavy atom. The lowest BCUT2D eigenvalue weighted by Crippen LogP contribution is -2.44. The van der Waals surface area contributed by atoms with E-state index in [0.29, 0.717) is 57.7 Å². The molecule has 1 amide bonds. The van der Waals surface area contributed by atoms with Crippen LogP contribution < -0.4 is 10.1 Å². The van der Waals surface area contributed by atoms with Crippen LogP contribution in [0, 0.1) is 5.92 Å². The van der Waals surface area contributed by atoms with Crippen molar-refractivity contribution in [2.24, 2.45) is 5.92 Å². The monoisotopic (exact) mass is 577 g/mol. The summed E-state index contributed by atoms with van der Waals surface area (Å²) >= 11 is 0. The zero-order valence-electron chi connectivity index (χ0n) is 22.3. The van der Waals surface area contributed by atoms with Gasteiger partial charge in [0, 0.05) is 32.1 Å². The molecule has 4 rings (SSSR count). The van der Waals surface area contributed by atoms with Crippen LogP contribution in [0.1, 0.15) is 44.1 Å². The van der Waals surface area contributed by atoms with Crippen molar-refractivity contribution >= 4 is 26.0 Å². The largest absolute Gasteiger partial charge is 0.492 e. The number of carbonyl (C=O) groups excluding carboxylic acids is 1. The average Bonchev–Trinajstić information content (AvgIpc) is 2.96. The molecule has 2 heterocycles. The molecule has 11 heteroatoms. The molecule has 0 atom stereocenters. The topological polar surface area (TPSA) is 113 Å². The maximum atomic E-state index is 12.8. The van der Waals surface area contributed by atoms with Crippen molar-refractivity contribution in [3.63, 3.8) is 0 Å². The van der Waals surface area contributed by atoms with E-state index in [2.05, 4.69) is 5.32 Å². The fourth-order valence-corrected chi connectivity index (χ4v) is 8.13. The molecule has 2 fully saturated rings. The van der Waals surface area contributed by atoms with Crippen LogP contribution >= 0.6 is 0 Å². The van der Waals surface area contributed by atoms with Gasteiger partial charge in [0.25, 0.3) is 0 Å². The molecule has 2 aliphatic heterocycles. The highest BCUT2D eigenvalue weighted by Gasteiger charge is 2.31. The number of nitrogens with one attached hydrogen (secondary N) is 1. The van der Waals surface area contributed by atoms with Crippen molar-refractivity contribution in [1.82, 2.24) is 13.9 Å². The Morgan fingerprint density at radius 2 is 1.51 bits per heavy atom. The highest BCUT2D eigenvalue weighted by molar-refractivity contribution is 7.89. The van der Waals surface area contributed by atoms with E-state index in [0.717, 1.165) is 31.2 Å². The van der Waals surface area contributed by atoms with E-state index in [-0.39, 0.29) is 29.1 Å². The van der Waals surface area contributed by atoms with Crippen LogP contribution in [0.5, 0.6) is 5.75 Å². The van der Waals surface area contributed by atoms with Gasteiger partial charge in [-0.05, 0) is 68.4 Å². The Balaban J connectivity index is 1.14. The summed E-state index contributed by atoms with van der Waals surface area (Å²) in [5.74, 6) is 0.330. The van der Waals surface area contributed by atoms with Crippen LogP contribution in [0.15, 0.2) is 59.5 Å². The number of carbonyl (C=O) groups is 1. The number of sulfonamides is 2. The highest BCUT2D eigenvalue weighted by Crippen LogP contribution is 2.23. The van der Waals surface area contributed by atoms with Crippen LogP contribution in [0.25, 0.3) is 0 Å². The van der Waals surface area contributed by atoms with E-state index in [9.17, 15) is 21.6 Å². The minimum absolute atomic E-state index is 0.0947. The Hall–Kier alpha value is -2.47. The maximum Gasteiger partial charge on any atom is 0.243 e. The predicted octanol–water partition coefficient (Wildman–Crippen LogP) is 3.03. The third-order valence-corrected chi connectivity index (χ3v) is 11.2. The van der Waals surface area contributed by atoms with Gasteiger partial charge in [-0.3, -0.25) is 4.79 Å². The van der Waals surface area contributed by atoms with E-state index in [1.54, 1.807) is 24.3 Å². The average molecular weight is 578 g/mol. The fourth-order valence-electron chi connectivity index (χ4n) is 5.08. The minimum Gasteiger partial charge on any atom is -0.492 e. The van der Waals surface area contributed by atoms with Crippen molar-refractivity contribution in [2.45, 2.75) is 49.8 Å². The van der Waals surface area contributed by atoms with Gasteiger partial charge >= 0.3 is 0 Å². The lowest BCUT2D eigenvalue weighted by atomic mass is 9.97. The maximum absolute atomic E-state index is 12.8. The summed E-state index contributed by atoms with van der Waals surface area (Å²) in [6, 6.07) is 16.2. The molecule has 2 aromatic rings. The van der Waals surface area contributed by atoms with Crippen LogP contribution in [-0.2, 0) is 31.3 Å². The molecule has 0 aromatic heterocycles. The van der Waals surface area contributed by atoms with Gasteiger partial charge in [0.2, 0.25) is 26.0 Å². The van der Waals surface area contributed by atoms with Gasteiger partial charge in [-0.1, -0.05) is 36.8 Å². The van der Waals surface area contributed by atoms with E-state index >= 15 is 0 Å². The number of hydrogen-bond acceptors (Lipinski definition) is 6. The van der Waals surface area contributed by atoms with Gasteiger partial charge in [-0.25, -0.2) is 21.1 Å².